The number of methoxy groups -OCH3 is 1. The molecule has 3 rings (SSSR count). The second-order valence-corrected chi connectivity index (χ2v) is 6.24. The summed E-state index contributed by atoms with van der Waals surface area (Å²) in [7, 11) is 3.00. The molecule has 0 aliphatic carbocycles. The van der Waals surface area contributed by atoms with Crippen LogP contribution < -0.4 is 10.1 Å². The maximum atomic E-state index is 12.5. The summed E-state index contributed by atoms with van der Waals surface area (Å²) < 4.78 is 5.11. The van der Waals surface area contributed by atoms with E-state index in [9.17, 15) is 9.59 Å². The third-order valence-electron chi connectivity index (χ3n) is 3.85. The monoisotopic (exact) mass is 376 g/mol. The first-order chi connectivity index (χ1) is 11.9. The van der Waals surface area contributed by atoms with Crippen molar-refractivity contribution in [3.63, 3.8) is 0 Å². The van der Waals surface area contributed by atoms with E-state index in [0.29, 0.717) is 27.0 Å². The summed E-state index contributed by atoms with van der Waals surface area (Å²) in [4.78, 5) is 26.1. The average molecular weight is 377 g/mol. The Hall–Kier alpha value is -2.50. The number of hydrogen-bond acceptors (Lipinski definition) is 4. The number of likely N-dealkylation sites (N-methyl/N-ethyl adjacent to an activating group) is 1. The second-order valence-electron chi connectivity index (χ2n) is 5.40. The van der Waals surface area contributed by atoms with Crippen molar-refractivity contribution >= 4 is 46.3 Å². The molecule has 128 valence electrons. The van der Waals surface area contributed by atoms with Gasteiger partial charge in [0.2, 0.25) is 0 Å². The summed E-state index contributed by atoms with van der Waals surface area (Å²) >= 11 is 12.2. The first kappa shape index (κ1) is 17.3. The number of rotatable bonds is 4. The summed E-state index contributed by atoms with van der Waals surface area (Å²) in [5, 5.41) is 3.76. The van der Waals surface area contributed by atoms with Gasteiger partial charge < -0.3 is 10.1 Å². The van der Waals surface area contributed by atoms with Crippen molar-refractivity contribution in [1.82, 2.24) is 4.90 Å². The van der Waals surface area contributed by atoms with Gasteiger partial charge in [-0.1, -0.05) is 29.3 Å². The molecule has 0 atom stereocenters. The van der Waals surface area contributed by atoms with Crippen LogP contribution in [0.2, 0.25) is 10.0 Å². The van der Waals surface area contributed by atoms with Gasteiger partial charge in [0.05, 0.1) is 17.7 Å². The zero-order valence-electron chi connectivity index (χ0n) is 13.5. The van der Waals surface area contributed by atoms with Crippen molar-refractivity contribution in [2.24, 2.45) is 0 Å². The number of nitrogens with one attached hydrogen (secondary N) is 1. The number of amides is 2. The summed E-state index contributed by atoms with van der Waals surface area (Å²) in [6.07, 6.45) is 0. The van der Waals surface area contributed by atoms with Gasteiger partial charge in [-0.15, -0.1) is 0 Å². The molecule has 2 aromatic rings. The highest BCUT2D eigenvalue weighted by molar-refractivity contribution is 6.41. The molecule has 0 saturated carbocycles. The van der Waals surface area contributed by atoms with E-state index in [1.807, 2.05) is 0 Å². The lowest BCUT2D eigenvalue weighted by Gasteiger charge is -2.10. The van der Waals surface area contributed by atoms with Gasteiger partial charge >= 0.3 is 0 Å². The molecular formula is C18H14Cl2N2O3. The molecule has 7 heteroatoms. The minimum Gasteiger partial charge on any atom is -0.497 e. The van der Waals surface area contributed by atoms with Crippen LogP contribution in [0, 0.1) is 0 Å². The van der Waals surface area contributed by atoms with Crippen molar-refractivity contribution in [2.45, 2.75) is 0 Å². The van der Waals surface area contributed by atoms with E-state index in [1.165, 1.54) is 13.1 Å². The molecule has 2 amide bonds. The summed E-state index contributed by atoms with van der Waals surface area (Å²) in [5.74, 6) is -0.168. The zero-order chi connectivity index (χ0) is 18.1. The summed E-state index contributed by atoms with van der Waals surface area (Å²) in [6, 6.07) is 11.8. The Morgan fingerprint density at radius 3 is 2.28 bits per heavy atom. The van der Waals surface area contributed by atoms with Crippen LogP contribution >= 0.6 is 23.2 Å². The largest absolute Gasteiger partial charge is 0.497 e. The number of hydrogen-bond donors (Lipinski definition) is 1. The van der Waals surface area contributed by atoms with E-state index in [4.69, 9.17) is 27.9 Å². The van der Waals surface area contributed by atoms with Crippen LogP contribution in [-0.2, 0) is 9.59 Å². The van der Waals surface area contributed by atoms with E-state index >= 15 is 0 Å². The number of imide groups is 1. The topological polar surface area (TPSA) is 58.6 Å². The molecule has 0 spiro atoms. The summed E-state index contributed by atoms with van der Waals surface area (Å²) in [5.41, 5.74) is 1.48. The smallest absolute Gasteiger partial charge is 0.277 e. The molecule has 0 unspecified atom stereocenters. The minimum atomic E-state index is -0.429. The number of carbonyl (C=O) groups is 2. The standard InChI is InChI=1S/C18H14Cl2N2O3/c1-22-17(23)15(13-8-3-10(19)9-14(13)20)16(18(22)24)21-11-4-6-12(25-2)7-5-11/h3-9,21H,1-2H3. The van der Waals surface area contributed by atoms with Crippen molar-refractivity contribution in [2.75, 3.05) is 19.5 Å². The van der Waals surface area contributed by atoms with Crippen LogP contribution in [0.15, 0.2) is 48.2 Å². The average Bonchev–Trinajstić information content (AvgIpc) is 2.80. The van der Waals surface area contributed by atoms with E-state index in [-0.39, 0.29) is 11.3 Å². The lowest BCUT2D eigenvalue weighted by atomic mass is 10.0. The predicted molar refractivity (Wildman–Crippen MR) is 97.8 cm³/mol. The number of carbonyl (C=O) groups excluding carboxylic acids is 2. The van der Waals surface area contributed by atoms with E-state index in [0.717, 1.165) is 4.90 Å². The Balaban J connectivity index is 2.08. The van der Waals surface area contributed by atoms with Gasteiger partial charge in [0.1, 0.15) is 11.4 Å². The van der Waals surface area contributed by atoms with Gasteiger partial charge in [-0.2, -0.15) is 0 Å². The molecule has 0 radical (unpaired) electrons. The quantitative estimate of drug-likeness (QED) is 0.823. The Kier molecular flexibility index (Phi) is 4.70. The first-order valence-electron chi connectivity index (χ1n) is 7.35. The molecule has 5 nitrogen and oxygen atoms in total. The Morgan fingerprint density at radius 2 is 1.68 bits per heavy atom. The Bertz CT molecular complexity index is 892. The molecule has 0 saturated heterocycles. The molecule has 1 aliphatic rings. The fourth-order valence-electron chi connectivity index (χ4n) is 2.52. The molecule has 0 bridgehead atoms. The maximum Gasteiger partial charge on any atom is 0.277 e. The van der Waals surface area contributed by atoms with Crippen LogP contribution in [0.5, 0.6) is 5.75 Å². The molecule has 2 aromatic carbocycles. The van der Waals surface area contributed by atoms with Crippen LogP contribution in [0.1, 0.15) is 5.56 Å². The van der Waals surface area contributed by atoms with Crippen LogP contribution in [-0.4, -0.2) is 30.9 Å². The van der Waals surface area contributed by atoms with Gasteiger partial charge in [0.15, 0.2) is 0 Å². The fraction of sp³-hybridized carbons (Fsp3) is 0.111. The van der Waals surface area contributed by atoms with E-state index < -0.39 is 11.8 Å². The van der Waals surface area contributed by atoms with Gasteiger partial charge in [-0.3, -0.25) is 14.5 Å². The number of halogens is 2. The van der Waals surface area contributed by atoms with E-state index in [2.05, 4.69) is 5.32 Å². The Labute approximate surface area is 154 Å². The SMILES string of the molecule is COc1ccc(NC2=C(c3ccc(Cl)cc3Cl)C(=O)N(C)C2=O)cc1. The van der Waals surface area contributed by atoms with Crippen molar-refractivity contribution < 1.29 is 14.3 Å². The van der Waals surface area contributed by atoms with Crippen LogP contribution in [0.3, 0.4) is 0 Å². The summed E-state index contributed by atoms with van der Waals surface area (Å²) in [6.45, 7) is 0. The molecule has 1 N–H and O–H groups in total. The maximum absolute atomic E-state index is 12.5. The number of ether oxygens (including phenoxy) is 1. The molecule has 25 heavy (non-hydrogen) atoms. The second kappa shape index (κ2) is 6.78. The molecule has 0 aromatic heterocycles. The highest BCUT2D eigenvalue weighted by Gasteiger charge is 2.37. The van der Waals surface area contributed by atoms with Crippen LogP contribution in [0.4, 0.5) is 5.69 Å². The van der Waals surface area contributed by atoms with Crippen molar-refractivity contribution in [3.05, 3.63) is 63.8 Å². The highest BCUT2D eigenvalue weighted by Crippen LogP contribution is 2.34. The molecular weight excluding hydrogens is 363 g/mol. The number of anilines is 1. The fourth-order valence-corrected chi connectivity index (χ4v) is 3.02. The predicted octanol–water partition coefficient (Wildman–Crippen LogP) is 3.82. The number of benzene rings is 2. The normalized spacial score (nSPS) is 14.3. The minimum absolute atomic E-state index is 0.168. The van der Waals surface area contributed by atoms with Crippen molar-refractivity contribution in [3.8, 4) is 5.75 Å². The Morgan fingerprint density at radius 1 is 1.00 bits per heavy atom. The number of nitrogens with zero attached hydrogens (tertiary/aromatic N) is 1. The van der Waals surface area contributed by atoms with Crippen LogP contribution in [0.25, 0.3) is 5.57 Å². The van der Waals surface area contributed by atoms with Gasteiger partial charge in [0, 0.05) is 23.3 Å². The lowest BCUT2D eigenvalue weighted by molar-refractivity contribution is -0.135. The zero-order valence-corrected chi connectivity index (χ0v) is 15.0. The third kappa shape index (κ3) is 3.21. The third-order valence-corrected chi connectivity index (χ3v) is 4.39. The van der Waals surface area contributed by atoms with Gasteiger partial charge in [0.25, 0.3) is 11.8 Å². The van der Waals surface area contributed by atoms with E-state index in [1.54, 1.807) is 43.5 Å². The van der Waals surface area contributed by atoms with Crippen molar-refractivity contribution in [1.29, 1.82) is 0 Å². The molecule has 0 fully saturated rings. The van der Waals surface area contributed by atoms with Gasteiger partial charge in [-0.25, -0.2) is 0 Å². The first-order valence-corrected chi connectivity index (χ1v) is 8.11. The molecule has 1 heterocycles. The lowest BCUT2D eigenvalue weighted by Crippen LogP contribution is -2.27. The molecule has 1 aliphatic heterocycles. The van der Waals surface area contributed by atoms with Gasteiger partial charge in [-0.05, 0) is 36.4 Å². The highest BCUT2D eigenvalue weighted by atomic mass is 35.5.